The average Bonchev–Trinajstić information content (AvgIpc) is 2.84. The molecular weight excluding hydrogens is 320 g/mol. The molecule has 26 heavy (non-hydrogen) atoms. The molecule has 2 saturated carbocycles. The van der Waals surface area contributed by atoms with Gasteiger partial charge in [0.15, 0.2) is 0 Å². The van der Waals surface area contributed by atoms with E-state index in [9.17, 15) is 9.90 Å². The van der Waals surface area contributed by atoms with Gasteiger partial charge in [0.05, 0.1) is 6.10 Å². The summed E-state index contributed by atoms with van der Waals surface area (Å²) in [4.78, 5) is 12.4. The number of Topliss-reactive ketones (excluding diaryl/α,β-unsaturated/α-hetero) is 1. The lowest BCUT2D eigenvalue weighted by atomic mass is 9.62. The molecule has 0 aliphatic heterocycles. The average molecular weight is 359 g/mol. The Morgan fingerprint density at radius 2 is 2.08 bits per heavy atom. The van der Waals surface area contributed by atoms with Crippen molar-refractivity contribution in [2.45, 2.75) is 84.2 Å². The highest BCUT2D eigenvalue weighted by molar-refractivity contribution is 5.84. The number of aliphatic hydroxyl groups excluding tert-OH is 1. The SMILES string of the molecule is C=CCC1(C(O)C/C=C/[C@H]2[C@H](C)CC(=O)[C@@H]2C/C=C\CCCC)CCC1. The fourth-order valence-electron chi connectivity index (χ4n) is 4.72. The van der Waals surface area contributed by atoms with Crippen LogP contribution in [0, 0.1) is 23.2 Å². The molecule has 0 bridgehead atoms. The molecule has 0 aromatic rings. The number of aliphatic hydroxyl groups is 1. The van der Waals surface area contributed by atoms with Crippen LogP contribution in [0.5, 0.6) is 0 Å². The van der Waals surface area contributed by atoms with Gasteiger partial charge >= 0.3 is 0 Å². The van der Waals surface area contributed by atoms with Crippen LogP contribution in [-0.2, 0) is 4.79 Å². The number of carbonyl (C=O) groups is 1. The van der Waals surface area contributed by atoms with Crippen molar-refractivity contribution in [2.24, 2.45) is 23.2 Å². The molecule has 0 radical (unpaired) electrons. The van der Waals surface area contributed by atoms with E-state index in [0.717, 1.165) is 32.1 Å². The number of hydrogen-bond donors (Lipinski definition) is 1. The molecule has 1 unspecified atom stereocenters. The van der Waals surface area contributed by atoms with Gasteiger partial charge in [0.1, 0.15) is 5.78 Å². The van der Waals surface area contributed by atoms with Crippen molar-refractivity contribution in [3.63, 3.8) is 0 Å². The molecule has 2 aliphatic rings. The van der Waals surface area contributed by atoms with Crippen LogP contribution in [0.15, 0.2) is 37.0 Å². The lowest BCUT2D eigenvalue weighted by molar-refractivity contribution is -0.121. The van der Waals surface area contributed by atoms with Gasteiger partial charge in [-0.1, -0.05) is 63.5 Å². The first-order valence-corrected chi connectivity index (χ1v) is 10.7. The second-order valence-corrected chi connectivity index (χ2v) is 8.57. The summed E-state index contributed by atoms with van der Waals surface area (Å²) in [5, 5.41) is 10.7. The lowest BCUT2D eigenvalue weighted by Gasteiger charge is -2.45. The van der Waals surface area contributed by atoms with Crippen LogP contribution in [0.3, 0.4) is 0 Å². The quantitative estimate of drug-likeness (QED) is 0.362. The van der Waals surface area contributed by atoms with E-state index in [2.05, 4.69) is 44.7 Å². The number of ketones is 1. The summed E-state index contributed by atoms with van der Waals surface area (Å²) in [6, 6.07) is 0. The minimum absolute atomic E-state index is 0.0601. The molecule has 4 atom stereocenters. The topological polar surface area (TPSA) is 37.3 Å². The normalized spacial score (nSPS) is 29.3. The first-order valence-electron chi connectivity index (χ1n) is 10.7. The summed E-state index contributed by atoms with van der Waals surface area (Å²) < 4.78 is 0. The molecule has 2 aliphatic carbocycles. The van der Waals surface area contributed by atoms with Crippen molar-refractivity contribution in [1.29, 1.82) is 0 Å². The minimum Gasteiger partial charge on any atom is -0.392 e. The van der Waals surface area contributed by atoms with Gasteiger partial charge in [0.25, 0.3) is 0 Å². The van der Waals surface area contributed by atoms with Gasteiger partial charge in [-0.25, -0.2) is 0 Å². The van der Waals surface area contributed by atoms with Gasteiger partial charge in [0, 0.05) is 17.8 Å². The number of carbonyl (C=O) groups excluding carboxylic acids is 1. The Balaban J connectivity index is 1.90. The Labute approximate surface area is 160 Å². The van der Waals surface area contributed by atoms with Gasteiger partial charge in [-0.2, -0.15) is 0 Å². The lowest BCUT2D eigenvalue weighted by Crippen LogP contribution is -2.40. The second-order valence-electron chi connectivity index (χ2n) is 8.57. The Kier molecular flexibility index (Phi) is 8.34. The van der Waals surface area contributed by atoms with Gasteiger partial charge in [-0.05, 0) is 50.4 Å². The van der Waals surface area contributed by atoms with Crippen LogP contribution >= 0.6 is 0 Å². The largest absolute Gasteiger partial charge is 0.392 e. The van der Waals surface area contributed by atoms with E-state index in [0.29, 0.717) is 30.5 Å². The second kappa shape index (κ2) is 10.3. The standard InChI is InChI=1S/C24H38O2/c1-4-6-7-8-9-12-21-20(19(3)18-22(21)25)13-10-14-23(26)24(15-5-2)16-11-17-24/h5,8-10,13,19-21,23,26H,2,4,6-7,11-12,14-18H2,1,3H3/b9-8-,13-10+/t19-,20+,21-,23?/m1/s1. The maximum Gasteiger partial charge on any atom is 0.137 e. The van der Waals surface area contributed by atoms with E-state index in [-0.39, 0.29) is 17.4 Å². The van der Waals surface area contributed by atoms with Crippen LogP contribution in [0.2, 0.25) is 0 Å². The maximum absolute atomic E-state index is 12.4. The zero-order chi connectivity index (χ0) is 19.0. The van der Waals surface area contributed by atoms with Crippen molar-refractivity contribution in [3.05, 3.63) is 37.0 Å². The summed E-state index contributed by atoms with van der Waals surface area (Å²) in [7, 11) is 0. The van der Waals surface area contributed by atoms with Crippen molar-refractivity contribution < 1.29 is 9.90 Å². The highest BCUT2D eigenvalue weighted by Gasteiger charge is 2.42. The summed E-state index contributed by atoms with van der Waals surface area (Å²) in [5.74, 6) is 1.27. The summed E-state index contributed by atoms with van der Waals surface area (Å²) in [6.45, 7) is 8.25. The molecule has 2 rings (SSSR count). The van der Waals surface area contributed by atoms with Crippen molar-refractivity contribution in [1.82, 2.24) is 0 Å². The van der Waals surface area contributed by atoms with E-state index in [1.807, 2.05) is 6.08 Å². The van der Waals surface area contributed by atoms with Crippen LogP contribution in [0.1, 0.15) is 78.1 Å². The zero-order valence-electron chi connectivity index (χ0n) is 16.8. The molecular formula is C24H38O2. The van der Waals surface area contributed by atoms with Gasteiger partial charge in [-0.3, -0.25) is 4.79 Å². The fourth-order valence-corrected chi connectivity index (χ4v) is 4.72. The molecule has 0 spiro atoms. The first kappa shape index (κ1) is 21.2. The number of unbranched alkanes of at least 4 members (excludes halogenated alkanes) is 2. The molecule has 0 aromatic carbocycles. The van der Waals surface area contributed by atoms with E-state index < -0.39 is 0 Å². The molecule has 2 nitrogen and oxygen atoms in total. The first-order chi connectivity index (χ1) is 12.5. The smallest absolute Gasteiger partial charge is 0.137 e. The van der Waals surface area contributed by atoms with Gasteiger partial charge < -0.3 is 5.11 Å². The summed E-state index contributed by atoms with van der Waals surface area (Å²) in [5.41, 5.74) is 0.0601. The number of rotatable bonds is 11. The Hall–Kier alpha value is -1.15. The van der Waals surface area contributed by atoms with Crippen molar-refractivity contribution >= 4 is 5.78 Å². The molecule has 2 heteroatoms. The molecule has 1 N–H and O–H groups in total. The van der Waals surface area contributed by atoms with E-state index in [1.165, 1.54) is 19.3 Å². The monoisotopic (exact) mass is 358 g/mol. The van der Waals surface area contributed by atoms with E-state index in [4.69, 9.17) is 0 Å². The van der Waals surface area contributed by atoms with Crippen LogP contribution in [0.25, 0.3) is 0 Å². The fraction of sp³-hybridized carbons (Fsp3) is 0.708. The Morgan fingerprint density at radius 1 is 1.31 bits per heavy atom. The molecule has 2 fully saturated rings. The molecule has 0 heterocycles. The highest BCUT2D eigenvalue weighted by Crippen LogP contribution is 2.48. The minimum atomic E-state index is -0.287. The van der Waals surface area contributed by atoms with Crippen LogP contribution in [0.4, 0.5) is 0 Å². The molecule has 146 valence electrons. The van der Waals surface area contributed by atoms with Crippen LogP contribution in [-0.4, -0.2) is 17.0 Å². The predicted molar refractivity (Wildman–Crippen MR) is 110 cm³/mol. The zero-order valence-corrected chi connectivity index (χ0v) is 16.8. The number of allylic oxidation sites excluding steroid dienone is 4. The number of hydrogen-bond acceptors (Lipinski definition) is 2. The third kappa shape index (κ3) is 5.19. The predicted octanol–water partition coefficient (Wildman–Crippen LogP) is 6.02. The van der Waals surface area contributed by atoms with Gasteiger partial charge in [-0.15, -0.1) is 6.58 Å². The van der Waals surface area contributed by atoms with Gasteiger partial charge in [0.2, 0.25) is 0 Å². The van der Waals surface area contributed by atoms with E-state index in [1.54, 1.807) is 0 Å². The van der Waals surface area contributed by atoms with Crippen molar-refractivity contribution in [2.75, 3.05) is 0 Å². The summed E-state index contributed by atoms with van der Waals surface area (Å²) in [6.07, 6.45) is 20.6. The molecule has 0 aromatic heterocycles. The summed E-state index contributed by atoms with van der Waals surface area (Å²) >= 11 is 0. The maximum atomic E-state index is 12.4. The van der Waals surface area contributed by atoms with E-state index >= 15 is 0 Å². The van der Waals surface area contributed by atoms with Crippen molar-refractivity contribution in [3.8, 4) is 0 Å². The van der Waals surface area contributed by atoms with Crippen LogP contribution < -0.4 is 0 Å². The third-order valence-corrected chi connectivity index (χ3v) is 6.66. The third-order valence-electron chi connectivity index (χ3n) is 6.66. The highest BCUT2D eigenvalue weighted by atomic mass is 16.3. The molecule has 0 saturated heterocycles. The Morgan fingerprint density at radius 3 is 2.69 bits per heavy atom. The molecule has 0 amide bonds. The Bertz CT molecular complexity index is 512.